The maximum absolute atomic E-state index is 12.0. The van der Waals surface area contributed by atoms with Crippen molar-refractivity contribution >= 4 is 40.6 Å². The van der Waals surface area contributed by atoms with Crippen LogP contribution in [0.25, 0.3) is 0 Å². The molecule has 0 spiro atoms. The smallest absolute Gasteiger partial charge is 0.200 e. The van der Waals surface area contributed by atoms with Gasteiger partial charge in [0.1, 0.15) is 5.75 Å². The molecule has 110 valence electrons. The van der Waals surface area contributed by atoms with E-state index in [1.165, 1.54) is 12.1 Å². The Morgan fingerprint density at radius 1 is 1.05 bits per heavy atom. The zero-order valence-electron chi connectivity index (χ0n) is 11.0. The van der Waals surface area contributed by atoms with Gasteiger partial charge in [0, 0.05) is 10.6 Å². The molecule has 0 radical (unpaired) electrons. The Bertz CT molecular complexity index is 631. The summed E-state index contributed by atoms with van der Waals surface area (Å²) in [6.07, 6.45) is 0. The number of hydrogen-bond donors (Lipinski definition) is 0. The summed E-state index contributed by atoms with van der Waals surface area (Å²) in [5.41, 5.74) is 0.511. The van der Waals surface area contributed by atoms with E-state index >= 15 is 0 Å². The van der Waals surface area contributed by atoms with E-state index in [1.54, 1.807) is 31.4 Å². The van der Waals surface area contributed by atoms with Crippen molar-refractivity contribution in [1.82, 2.24) is 0 Å². The summed E-state index contributed by atoms with van der Waals surface area (Å²) in [5, 5.41) is 0.920. The van der Waals surface area contributed by atoms with Crippen LogP contribution in [0.1, 0.15) is 10.4 Å². The summed E-state index contributed by atoms with van der Waals surface area (Å²) >= 11 is 17.8. The Kier molecular flexibility index (Phi) is 5.34. The number of benzene rings is 2. The highest BCUT2D eigenvalue weighted by Crippen LogP contribution is 2.35. The lowest BCUT2D eigenvalue weighted by Crippen LogP contribution is -2.12. The van der Waals surface area contributed by atoms with Gasteiger partial charge in [-0.15, -0.1) is 0 Å². The number of halogens is 3. The summed E-state index contributed by atoms with van der Waals surface area (Å²) in [7, 11) is 1.56. The fraction of sp³-hybridized carbons (Fsp3) is 0.133. The van der Waals surface area contributed by atoms with E-state index in [0.717, 1.165) is 0 Å². The van der Waals surface area contributed by atoms with Crippen molar-refractivity contribution in [2.45, 2.75) is 0 Å². The number of carbonyl (C=O) groups excluding carboxylic acids is 1. The third-order valence-corrected chi connectivity index (χ3v) is 3.50. The minimum absolute atomic E-state index is 0.173. The second kappa shape index (κ2) is 7.03. The summed E-state index contributed by atoms with van der Waals surface area (Å²) in [5.74, 6) is 0.723. The third-order valence-electron chi connectivity index (χ3n) is 2.72. The van der Waals surface area contributed by atoms with Crippen LogP contribution in [-0.4, -0.2) is 19.5 Å². The number of carbonyl (C=O) groups is 1. The van der Waals surface area contributed by atoms with Gasteiger partial charge in [0.15, 0.2) is 18.1 Å². The van der Waals surface area contributed by atoms with Gasteiger partial charge in [-0.25, -0.2) is 0 Å². The molecule has 0 saturated carbocycles. The zero-order chi connectivity index (χ0) is 15.4. The first kappa shape index (κ1) is 16.0. The van der Waals surface area contributed by atoms with Crippen LogP contribution in [0.2, 0.25) is 15.1 Å². The second-order valence-electron chi connectivity index (χ2n) is 4.14. The van der Waals surface area contributed by atoms with E-state index in [0.29, 0.717) is 16.3 Å². The molecule has 0 aromatic heterocycles. The predicted molar refractivity (Wildman–Crippen MR) is 84.3 cm³/mol. The molecule has 0 saturated heterocycles. The second-order valence-corrected chi connectivity index (χ2v) is 5.39. The number of ketones is 1. The van der Waals surface area contributed by atoms with Crippen molar-refractivity contribution in [3.8, 4) is 11.5 Å². The molecule has 2 rings (SSSR count). The first-order valence-electron chi connectivity index (χ1n) is 5.96. The highest BCUT2D eigenvalue weighted by atomic mass is 35.5. The topological polar surface area (TPSA) is 35.5 Å². The van der Waals surface area contributed by atoms with E-state index in [-0.39, 0.29) is 28.2 Å². The lowest BCUT2D eigenvalue weighted by atomic mass is 10.1. The molecule has 0 fully saturated rings. The maximum atomic E-state index is 12.0. The molecular formula is C15H11Cl3O3. The highest BCUT2D eigenvalue weighted by molar-refractivity contribution is 6.40. The van der Waals surface area contributed by atoms with E-state index in [4.69, 9.17) is 44.3 Å². The number of rotatable bonds is 5. The highest BCUT2D eigenvalue weighted by Gasteiger charge is 2.12. The average Bonchev–Trinajstić information content (AvgIpc) is 2.46. The Labute approximate surface area is 137 Å². The molecule has 0 aliphatic carbocycles. The molecule has 2 aromatic rings. The standard InChI is InChI=1S/C15H11Cl3O3/c1-20-11-4-2-9(3-5-11)14(19)8-21-15-12(17)6-10(16)7-13(15)18/h2-7H,8H2,1H3. The monoisotopic (exact) mass is 344 g/mol. The number of ether oxygens (including phenoxy) is 2. The number of Topliss-reactive ketones (excluding diaryl/α,β-unsaturated/α-hetero) is 1. The van der Waals surface area contributed by atoms with Gasteiger partial charge in [-0.05, 0) is 36.4 Å². The first-order valence-corrected chi connectivity index (χ1v) is 7.09. The van der Waals surface area contributed by atoms with Crippen LogP contribution >= 0.6 is 34.8 Å². The van der Waals surface area contributed by atoms with Gasteiger partial charge in [-0.1, -0.05) is 34.8 Å². The van der Waals surface area contributed by atoms with E-state index < -0.39 is 0 Å². The molecule has 0 aliphatic rings. The lowest BCUT2D eigenvalue weighted by Gasteiger charge is -2.10. The largest absolute Gasteiger partial charge is 0.497 e. The van der Waals surface area contributed by atoms with Crippen molar-refractivity contribution in [2.75, 3.05) is 13.7 Å². The average molecular weight is 346 g/mol. The molecule has 6 heteroatoms. The quantitative estimate of drug-likeness (QED) is 0.722. The summed E-state index contributed by atoms with van der Waals surface area (Å²) in [6.45, 7) is -0.173. The Morgan fingerprint density at radius 2 is 1.62 bits per heavy atom. The molecule has 0 atom stereocenters. The zero-order valence-corrected chi connectivity index (χ0v) is 13.3. The molecule has 0 bridgehead atoms. The van der Waals surface area contributed by atoms with Gasteiger partial charge in [0.05, 0.1) is 17.2 Å². The Morgan fingerprint density at radius 3 is 2.14 bits per heavy atom. The molecule has 0 heterocycles. The van der Waals surface area contributed by atoms with Crippen LogP contribution < -0.4 is 9.47 Å². The molecule has 0 aliphatic heterocycles. The fourth-order valence-corrected chi connectivity index (χ4v) is 2.59. The van der Waals surface area contributed by atoms with Crippen molar-refractivity contribution in [2.24, 2.45) is 0 Å². The third kappa shape index (κ3) is 4.03. The lowest BCUT2D eigenvalue weighted by molar-refractivity contribution is 0.0921. The van der Waals surface area contributed by atoms with Crippen LogP contribution in [0, 0.1) is 0 Å². The van der Waals surface area contributed by atoms with Gasteiger partial charge >= 0.3 is 0 Å². The van der Waals surface area contributed by atoms with Crippen molar-refractivity contribution in [3.05, 3.63) is 57.0 Å². The predicted octanol–water partition coefficient (Wildman–Crippen LogP) is 4.92. The van der Waals surface area contributed by atoms with Crippen LogP contribution in [-0.2, 0) is 0 Å². The first-order chi connectivity index (χ1) is 10.0. The van der Waals surface area contributed by atoms with E-state index in [9.17, 15) is 4.79 Å². The summed E-state index contributed by atoms with van der Waals surface area (Å²) in [6, 6.07) is 9.74. The fourth-order valence-electron chi connectivity index (χ4n) is 1.66. The van der Waals surface area contributed by atoms with Crippen molar-refractivity contribution in [3.63, 3.8) is 0 Å². The van der Waals surface area contributed by atoms with Crippen LogP contribution in [0.5, 0.6) is 11.5 Å². The van der Waals surface area contributed by atoms with Gasteiger partial charge < -0.3 is 9.47 Å². The van der Waals surface area contributed by atoms with Crippen molar-refractivity contribution in [1.29, 1.82) is 0 Å². The Balaban J connectivity index is 2.07. The summed E-state index contributed by atoms with van der Waals surface area (Å²) in [4.78, 5) is 12.0. The van der Waals surface area contributed by atoms with Crippen molar-refractivity contribution < 1.29 is 14.3 Å². The normalized spacial score (nSPS) is 10.3. The van der Waals surface area contributed by atoms with Gasteiger partial charge in [0.25, 0.3) is 0 Å². The molecule has 2 aromatic carbocycles. The van der Waals surface area contributed by atoms with Crippen LogP contribution in [0.15, 0.2) is 36.4 Å². The molecular weight excluding hydrogens is 335 g/mol. The molecule has 3 nitrogen and oxygen atoms in total. The Hall–Kier alpha value is -1.42. The van der Waals surface area contributed by atoms with E-state index in [1.807, 2.05) is 0 Å². The van der Waals surface area contributed by atoms with Gasteiger partial charge in [-0.2, -0.15) is 0 Å². The maximum Gasteiger partial charge on any atom is 0.200 e. The molecule has 0 unspecified atom stereocenters. The number of hydrogen-bond acceptors (Lipinski definition) is 3. The van der Waals surface area contributed by atoms with Crippen LogP contribution in [0.3, 0.4) is 0 Å². The van der Waals surface area contributed by atoms with Gasteiger partial charge in [-0.3, -0.25) is 4.79 Å². The summed E-state index contributed by atoms with van der Waals surface area (Å²) < 4.78 is 10.4. The van der Waals surface area contributed by atoms with Gasteiger partial charge in [0.2, 0.25) is 0 Å². The molecule has 0 N–H and O–H groups in total. The number of methoxy groups -OCH3 is 1. The molecule has 21 heavy (non-hydrogen) atoms. The SMILES string of the molecule is COc1ccc(C(=O)COc2c(Cl)cc(Cl)cc2Cl)cc1. The minimum atomic E-state index is -0.195. The van der Waals surface area contributed by atoms with Crippen LogP contribution in [0.4, 0.5) is 0 Å². The minimum Gasteiger partial charge on any atom is -0.497 e. The molecule has 0 amide bonds. The van der Waals surface area contributed by atoms with E-state index in [2.05, 4.69) is 0 Å².